The summed E-state index contributed by atoms with van der Waals surface area (Å²) >= 11 is 0. The summed E-state index contributed by atoms with van der Waals surface area (Å²) in [6.45, 7) is 10.5. The summed E-state index contributed by atoms with van der Waals surface area (Å²) in [5.74, 6) is 0.836. The van der Waals surface area contributed by atoms with E-state index in [9.17, 15) is 0 Å². The fraction of sp³-hybridized carbons (Fsp3) is 0.900. The number of rotatable bonds is 4. The second-order valence-corrected chi connectivity index (χ2v) is 3.11. The van der Waals surface area contributed by atoms with Crippen LogP contribution in [-0.2, 0) is 32.7 Å². The molecule has 0 aromatic rings. The summed E-state index contributed by atoms with van der Waals surface area (Å²) in [6.07, 6.45) is 4.38. The van der Waals surface area contributed by atoms with Crippen LogP contribution < -0.4 is 0 Å². The molecule has 0 aliphatic carbocycles. The van der Waals surface area contributed by atoms with Crippen molar-refractivity contribution in [3.63, 3.8) is 0 Å². The Bertz CT molecular complexity index is 53.8. The van der Waals surface area contributed by atoms with Crippen molar-refractivity contribution < 1.29 is 37.8 Å². The van der Waals surface area contributed by atoms with Crippen molar-refractivity contribution in [2.24, 2.45) is 5.92 Å². The van der Waals surface area contributed by atoms with Crippen LogP contribution in [0.5, 0.6) is 0 Å². The minimum absolute atomic E-state index is 0. The van der Waals surface area contributed by atoms with E-state index in [1.54, 1.807) is 0 Å². The van der Waals surface area contributed by atoms with Crippen LogP contribution in [0.2, 0.25) is 0 Å². The summed E-state index contributed by atoms with van der Waals surface area (Å²) in [7, 11) is 0. The number of aliphatic hydroxyl groups is 1. The first-order valence-corrected chi connectivity index (χ1v) is 4.59. The van der Waals surface area contributed by atoms with Gasteiger partial charge in [-0.15, -0.1) is 0 Å². The summed E-state index contributed by atoms with van der Waals surface area (Å²) in [6, 6.07) is 0. The van der Waals surface area contributed by atoms with Gasteiger partial charge in [-0.25, -0.2) is 0 Å². The number of hydrogen-bond donors (Lipinski definition) is 1. The minimum atomic E-state index is 0. The molecule has 0 fully saturated rings. The van der Waals surface area contributed by atoms with Crippen LogP contribution >= 0.6 is 0 Å². The Morgan fingerprint density at radius 2 is 1.83 bits per heavy atom. The first kappa shape index (κ1) is 18.8. The molecule has 0 aromatic heterocycles. The Hall–Kier alpha value is 1.06. The molecule has 2 heteroatoms. The van der Waals surface area contributed by atoms with E-state index in [0.717, 1.165) is 25.2 Å². The third-order valence-corrected chi connectivity index (χ3v) is 1.29. The van der Waals surface area contributed by atoms with E-state index in [1.165, 1.54) is 6.42 Å². The van der Waals surface area contributed by atoms with E-state index < -0.39 is 0 Å². The maximum absolute atomic E-state index is 8.07. The summed E-state index contributed by atoms with van der Waals surface area (Å²) in [4.78, 5) is 0. The normalized spacial score (nSPS) is 8.50. The van der Waals surface area contributed by atoms with Gasteiger partial charge in [0.05, 0.1) is 0 Å². The number of hydrogen-bond acceptors (Lipinski definition) is 1. The molecule has 1 nitrogen and oxygen atoms in total. The zero-order valence-corrected chi connectivity index (χ0v) is 11.7. The quantitative estimate of drug-likeness (QED) is 0.758. The van der Waals surface area contributed by atoms with Crippen LogP contribution in [0.15, 0.2) is 0 Å². The molecule has 0 saturated carbocycles. The van der Waals surface area contributed by atoms with E-state index in [1.807, 2.05) is 0 Å². The molecule has 0 bridgehead atoms. The predicted molar refractivity (Wildman–Crippen MR) is 51.4 cm³/mol. The summed E-state index contributed by atoms with van der Waals surface area (Å²) < 4.78 is 0. The molecular formula is C10H23OY-. The minimum Gasteiger partial charge on any atom is -0.396 e. The van der Waals surface area contributed by atoms with Gasteiger partial charge in [-0.1, -0.05) is 33.6 Å². The molecule has 0 atom stereocenters. The Morgan fingerprint density at radius 1 is 1.33 bits per heavy atom. The zero-order valence-electron chi connectivity index (χ0n) is 8.84. The molecule has 0 spiro atoms. The van der Waals surface area contributed by atoms with Gasteiger partial charge in [0, 0.05) is 39.3 Å². The molecule has 12 heavy (non-hydrogen) atoms. The zero-order chi connectivity index (χ0) is 9.11. The molecule has 73 valence electrons. The fourth-order valence-corrected chi connectivity index (χ4v) is 0.566. The van der Waals surface area contributed by atoms with Crippen molar-refractivity contribution in [1.82, 2.24) is 0 Å². The first-order chi connectivity index (χ1) is 5.18. The van der Waals surface area contributed by atoms with Gasteiger partial charge in [-0.3, -0.25) is 0 Å². The predicted octanol–water partition coefficient (Wildman–Crippen LogP) is 3.03. The van der Waals surface area contributed by atoms with E-state index in [0.29, 0.717) is 6.61 Å². The van der Waals surface area contributed by atoms with Crippen molar-refractivity contribution in [3.05, 3.63) is 6.92 Å². The van der Waals surface area contributed by atoms with Crippen LogP contribution in [0, 0.1) is 12.8 Å². The van der Waals surface area contributed by atoms with Crippen LogP contribution in [0.3, 0.4) is 0 Å². The molecule has 1 N–H and O–H groups in total. The summed E-state index contributed by atoms with van der Waals surface area (Å²) in [5.41, 5.74) is 0. The van der Waals surface area contributed by atoms with Crippen molar-refractivity contribution >= 4 is 0 Å². The van der Waals surface area contributed by atoms with E-state index >= 15 is 0 Å². The van der Waals surface area contributed by atoms with Gasteiger partial charge >= 0.3 is 0 Å². The van der Waals surface area contributed by atoms with Crippen molar-refractivity contribution in [3.8, 4) is 0 Å². The van der Waals surface area contributed by atoms with Crippen molar-refractivity contribution in [1.29, 1.82) is 0 Å². The average molecular weight is 248 g/mol. The van der Waals surface area contributed by atoms with Crippen LogP contribution in [0.1, 0.15) is 46.5 Å². The van der Waals surface area contributed by atoms with Crippen LogP contribution in [0.4, 0.5) is 0 Å². The number of unbranched alkanes of at least 4 members (excludes halogenated alkanes) is 1. The molecule has 0 rings (SSSR count). The molecule has 0 heterocycles. The smallest absolute Gasteiger partial charge is 0.0430 e. The van der Waals surface area contributed by atoms with Gasteiger partial charge < -0.3 is 12.0 Å². The molecule has 0 saturated heterocycles. The Morgan fingerprint density at radius 3 is 1.83 bits per heavy atom. The van der Waals surface area contributed by atoms with E-state index in [4.69, 9.17) is 5.11 Å². The summed E-state index contributed by atoms with van der Waals surface area (Å²) in [5, 5.41) is 8.07. The van der Waals surface area contributed by atoms with Gasteiger partial charge in [0.2, 0.25) is 0 Å². The number of aliphatic hydroxyl groups excluding tert-OH is 1. The van der Waals surface area contributed by atoms with Gasteiger partial charge in [-0.05, 0) is 12.3 Å². The standard InChI is InChI=1S/C6H13.C4H10O.Y/c1-4-5-6(2)3;1-2-3-4-5;/h6H,1,4-5H2,2-3H3;5H,2-4H2,1H3;/q-1;;. The van der Waals surface area contributed by atoms with Gasteiger partial charge in [0.25, 0.3) is 0 Å². The van der Waals surface area contributed by atoms with E-state index in [2.05, 4.69) is 27.7 Å². The Kier molecular flexibility index (Phi) is 28.1. The monoisotopic (exact) mass is 248 g/mol. The molecule has 1 radical (unpaired) electrons. The maximum Gasteiger partial charge on any atom is 0.0430 e. The molecular weight excluding hydrogens is 225 g/mol. The molecule has 0 aliphatic heterocycles. The van der Waals surface area contributed by atoms with Gasteiger partial charge in [-0.2, -0.15) is 6.42 Å². The Balaban J connectivity index is -0.000000126. The third kappa shape index (κ3) is 30.5. The molecule has 0 aliphatic rings. The second-order valence-electron chi connectivity index (χ2n) is 3.11. The van der Waals surface area contributed by atoms with Gasteiger partial charge in [0.15, 0.2) is 0 Å². The molecule has 0 unspecified atom stereocenters. The van der Waals surface area contributed by atoms with E-state index in [-0.39, 0.29) is 32.7 Å². The molecule has 0 aromatic carbocycles. The average Bonchev–Trinajstić information content (AvgIpc) is 1.90. The topological polar surface area (TPSA) is 20.2 Å². The fourth-order valence-electron chi connectivity index (χ4n) is 0.566. The third-order valence-electron chi connectivity index (χ3n) is 1.29. The SMILES string of the molecule is CCCCO.[CH2-]CCC(C)C.[Y]. The van der Waals surface area contributed by atoms with Crippen LogP contribution in [0.25, 0.3) is 0 Å². The molecule has 0 amide bonds. The van der Waals surface area contributed by atoms with Crippen LogP contribution in [-0.4, -0.2) is 11.7 Å². The van der Waals surface area contributed by atoms with Gasteiger partial charge in [0.1, 0.15) is 0 Å². The Labute approximate surface area is 103 Å². The largest absolute Gasteiger partial charge is 0.396 e. The van der Waals surface area contributed by atoms with Crippen molar-refractivity contribution in [2.75, 3.05) is 6.61 Å². The second kappa shape index (κ2) is 18.0. The maximum atomic E-state index is 8.07. The first-order valence-electron chi connectivity index (χ1n) is 4.59. The van der Waals surface area contributed by atoms with Crippen molar-refractivity contribution in [2.45, 2.75) is 46.5 Å².